The van der Waals surface area contributed by atoms with Crippen molar-refractivity contribution in [1.82, 2.24) is 14.1 Å². The molecule has 0 unspecified atom stereocenters. The van der Waals surface area contributed by atoms with E-state index in [2.05, 4.69) is 18.7 Å². The number of benzene rings is 1. The Morgan fingerprint density at radius 2 is 1.66 bits per heavy atom. The summed E-state index contributed by atoms with van der Waals surface area (Å²) in [4.78, 5) is 16.8. The molecular formula is C20H26ClN3O4S. The van der Waals surface area contributed by atoms with Gasteiger partial charge in [0, 0.05) is 31.2 Å². The lowest BCUT2D eigenvalue weighted by Crippen LogP contribution is -2.50. The second kappa shape index (κ2) is 9.30. The number of nitrogens with zero attached hydrogens (tertiary/aromatic N) is 3. The molecule has 0 N–H and O–H groups in total. The summed E-state index contributed by atoms with van der Waals surface area (Å²) in [5.41, 5.74) is 0. The number of hydrogen-bond acceptors (Lipinski definition) is 5. The normalized spacial score (nSPS) is 15.8. The Labute approximate surface area is 176 Å². The summed E-state index contributed by atoms with van der Waals surface area (Å²) in [7, 11) is -3.60. The summed E-state index contributed by atoms with van der Waals surface area (Å²) >= 11 is 5.84. The van der Waals surface area contributed by atoms with Crippen molar-refractivity contribution in [3.8, 4) is 0 Å². The number of amides is 1. The third kappa shape index (κ3) is 5.01. The van der Waals surface area contributed by atoms with E-state index in [0.717, 1.165) is 18.8 Å². The fourth-order valence-corrected chi connectivity index (χ4v) is 4.84. The maximum Gasteiger partial charge on any atom is 0.289 e. The van der Waals surface area contributed by atoms with Crippen LogP contribution in [0.5, 0.6) is 0 Å². The van der Waals surface area contributed by atoms with Crippen LogP contribution in [0.4, 0.5) is 0 Å². The highest BCUT2D eigenvalue weighted by Crippen LogP contribution is 2.21. The number of halogens is 1. The molecule has 158 valence electrons. The van der Waals surface area contributed by atoms with E-state index in [-0.39, 0.29) is 23.9 Å². The largest absolute Gasteiger partial charge is 0.455 e. The molecule has 1 aliphatic rings. The van der Waals surface area contributed by atoms with Crippen LogP contribution in [0.3, 0.4) is 0 Å². The Balaban J connectivity index is 1.61. The van der Waals surface area contributed by atoms with E-state index in [1.807, 2.05) is 6.07 Å². The van der Waals surface area contributed by atoms with Crippen molar-refractivity contribution in [1.29, 1.82) is 0 Å². The van der Waals surface area contributed by atoms with Crippen molar-refractivity contribution in [2.45, 2.75) is 25.3 Å². The summed E-state index contributed by atoms with van der Waals surface area (Å²) < 4.78 is 32.7. The van der Waals surface area contributed by atoms with E-state index in [1.165, 1.54) is 16.4 Å². The second-order valence-electron chi connectivity index (χ2n) is 6.88. The average Bonchev–Trinajstić information content (AvgIpc) is 3.20. The Bertz CT molecular complexity index is 931. The number of piperazine rings is 1. The molecule has 0 spiro atoms. The minimum Gasteiger partial charge on any atom is -0.455 e. The topological polar surface area (TPSA) is 74.1 Å². The first-order valence-corrected chi connectivity index (χ1v) is 11.5. The van der Waals surface area contributed by atoms with Gasteiger partial charge in [-0.25, -0.2) is 8.42 Å². The number of carbonyl (C=O) groups excluding carboxylic acids is 1. The molecule has 0 saturated carbocycles. The highest BCUT2D eigenvalue weighted by molar-refractivity contribution is 7.89. The van der Waals surface area contributed by atoms with Gasteiger partial charge in [-0.2, -0.15) is 4.31 Å². The van der Waals surface area contributed by atoms with Crippen LogP contribution in [0.15, 0.2) is 45.7 Å². The summed E-state index contributed by atoms with van der Waals surface area (Å²) in [6.45, 7) is 7.75. The Hall–Kier alpha value is -1.87. The smallest absolute Gasteiger partial charge is 0.289 e. The van der Waals surface area contributed by atoms with Gasteiger partial charge in [-0.15, -0.1) is 0 Å². The summed E-state index contributed by atoms with van der Waals surface area (Å²) in [6, 6.07) is 9.62. The van der Waals surface area contributed by atoms with E-state index in [0.29, 0.717) is 30.4 Å². The molecule has 1 fully saturated rings. The van der Waals surface area contributed by atoms with E-state index in [4.69, 9.17) is 16.0 Å². The van der Waals surface area contributed by atoms with Gasteiger partial charge in [0.05, 0.1) is 11.4 Å². The van der Waals surface area contributed by atoms with Crippen LogP contribution < -0.4 is 0 Å². The molecule has 1 saturated heterocycles. The number of furan rings is 1. The van der Waals surface area contributed by atoms with Crippen molar-refractivity contribution in [3.05, 3.63) is 52.9 Å². The fourth-order valence-electron chi connectivity index (χ4n) is 3.29. The Kier molecular flexibility index (Phi) is 7.00. The first-order valence-electron chi connectivity index (χ1n) is 9.71. The molecule has 2 aromatic rings. The van der Waals surface area contributed by atoms with Crippen LogP contribution in [0, 0.1) is 0 Å². The van der Waals surface area contributed by atoms with Crippen molar-refractivity contribution < 1.29 is 17.6 Å². The van der Waals surface area contributed by atoms with Crippen LogP contribution in [0.25, 0.3) is 0 Å². The minimum absolute atomic E-state index is 0.203. The van der Waals surface area contributed by atoms with E-state index in [1.54, 1.807) is 23.1 Å². The molecular weight excluding hydrogens is 414 g/mol. The molecule has 3 rings (SSSR count). The standard InChI is InChI=1S/C20H26ClN3O4S/c1-3-22(4-2)15-17-7-10-19(28-17)20(25)23-11-13-24(14-12-23)29(26,27)18-8-5-16(21)6-9-18/h5-10H,3-4,11-15H2,1-2H3. The summed E-state index contributed by atoms with van der Waals surface area (Å²) in [5.74, 6) is 0.835. The van der Waals surface area contributed by atoms with E-state index < -0.39 is 10.0 Å². The summed E-state index contributed by atoms with van der Waals surface area (Å²) in [5, 5.41) is 0.484. The van der Waals surface area contributed by atoms with Crippen LogP contribution >= 0.6 is 11.6 Å². The molecule has 1 aliphatic heterocycles. The first-order chi connectivity index (χ1) is 13.8. The lowest BCUT2D eigenvalue weighted by molar-refractivity contribution is 0.0662. The zero-order valence-electron chi connectivity index (χ0n) is 16.7. The quantitative estimate of drug-likeness (QED) is 0.663. The SMILES string of the molecule is CCN(CC)Cc1ccc(C(=O)N2CCN(S(=O)(=O)c3ccc(Cl)cc3)CC2)o1. The number of sulfonamides is 1. The third-order valence-corrected chi connectivity index (χ3v) is 7.29. The lowest BCUT2D eigenvalue weighted by Gasteiger charge is -2.33. The van der Waals surface area contributed by atoms with Gasteiger partial charge in [0.15, 0.2) is 5.76 Å². The van der Waals surface area contributed by atoms with Gasteiger partial charge in [-0.05, 0) is 49.5 Å². The zero-order valence-corrected chi connectivity index (χ0v) is 18.2. The van der Waals surface area contributed by atoms with Crippen LogP contribution in [-0.4, -0.2) is 67.7 Å². The molecule has 1 aromatic carbocycles. The highest BCUT2D eigenvalue weighted by atomic mass is 35.5. The molecule has 0 atom stereocenters. The van der Waals surface area contributed by atoms with Crippen LogP contribution in [0.1, 0.15) is 30.2 Å². The van der Waals surface area contributed by atoms with Gasteiger partial charge in [0.2, 0.25) is 10.0 Å². The van der Waals surface area contributed by atoms with Gasteiger partial charge in [-0.1, -0.05) is 25.4 Å². The number of carbonyl (C=O) groups is 1. The maximum atomic E-state index is 12.8. The average molecular weight is 440 g/mol. The van der Waals surface area contributed by atoms with Gasteiger partial charge in [0.1, 0.15) is 5.76 Å². The van der Waals surface area contributed by atoms with Gasteiger partial charge < -0.3 is 9.32 Å². The maximum absolute atomic E-state index is 12.8. The fraction of sp³-hybridized carbons (Fsp3) is 0.450. The number of rotatable bonds is 7. The van der Waals surface area contributed by atoms with Crippen molar-refractivity contribution >= 4 is 27.5 Å². The lowest BCUT2D eigenvalue weighted by atomic mass is 10.3. The van der Waals surface area contributed by atoms with Gasteiger partial charge >= 0.3 is 0 Å². The predicted octanol–water partition coefficient (Wildman–Crippen LogP) is 2.92. The van der Waals surface area contributed by atoms with Crippen molar-refractivity contribution in [3.63, 3.8) is 0 Å². The molecule has 1 aromatic heterocycles. The molecule has 9 heteroatoms. The van der Waals surface area contributed by atoms with E-state index in [9.17, 15) is 13.2 Å². The Morgan fingerprint density at radius 3 is 2.24 bits per heavy atom. The van der Waals surface area contributed by atoms with Crippen molar-refractivity contribution in [2.24, 2.45) is 0 Å². The molecule has 29 heavy (non-hydrogen) atoms. The third-order valence-electron chi connectivity index (χ3n) is 5.12. The molecule has 2 heterocycles. The number of hydrogen-bond donors (Lipinski definition) is 0. The predicted molar refractivity (Wildman–Crippen MR) is 111 cm³/mol. The Morgan fingerprint density at radius 1 is 1.03 bits per heavy atom. The molecule has 0 bridgehead atoms. The second-order valence-corrected chi connectivity index (χ2v) is 9.25. The van der Waals surface area contributed by atoms with Gasteiger partial charge in [-0.3, -0.25) is 9.69 Å². The monoisotopic (exact) mass is 439 g/mol. The zero-order chi connectivity index (χ0) is 21.0. The first kappa shape index (κ1) is 21.8. The molecule has 0 radical (unpaired) electrons. The van der Waals surface area contributed by atoms with Crippen molar-refractivity contribution in [2.75, 3.05) is 39.3 Å². The molecule has 7 nitrogen and oxygen atoms in total. The van der Waals surface area contributed by atoms with Gasteiger partial charge in [0.25, 0.3) is 5.91 Å². The van der Waals surface area contributed by atoms with Crippen LogP contribution in [-0.2, 0) is 16.6 Å². The van der Waals surface area contributed by atoms with E-state index >= 15 is 0 Å². The highest BCUT2D eigenvalue weighted by Gasteiger charge is 2.31. The van der Waals surface area contributed by atoms with Crippen LogP contribution in [0.2, 0.25) is 5.02 Å². The molecule has 1 amide bonds. The minimum atomic E-state index is -3.60. The molecule has 0 aliphatic carbocycles. The summed E-state index contributed by atoms with van der Waals surface area (Å²) in [6.07, 6.45) is 0.